The van der Waals surface area contributed by atoms with Crippen molar-refractivity contribution in [2.45, 2.75) is 90.9 Å². The van der Waals surface area contributed by atoms with Crippen molar-refractivity contribution in [2.75, 3.05) is 0 Å². The molecule has 0 saturated heterocycles. The minimum atomic E-state index is 0.0959. The molecule has 0 bridgehead atoms. The van der Waals surface area contributed by atoms with Gasteiger partial charge in [-0.25, -0.2) is 0 Å². The number of hydrogen-bond acceptors (Lipinski definition) is 1. The van der Waals surface area contributed by atoms with Gasteiger partial charge in [-0.3, -0.25) is 4.79 Å². The first-order valence-electron chi connectivity index (χ1n) is 8.35. The maximum Gasteiger partial charge on any atom is 0.136 e. The minimum absolute atomic E-state index is 0.0959. The highest BCUT2D eigenvalue weighted by atomic mass is 16.1. The second kappa shape index (κ2) is 13.8. The zero-order chi connectivity index (χ0) is 14.3. The van der Waals surface area contributed by atoms with Crippen LogP contribution in [0.15, 0.2) is 12.7 Å². The summed E-state index contributed by atoms with van der Waals surface area (Å²) < 4.78 is 0. The summed E-state index contributed by atoms with van der Waals surface area (Å²) in [5, 5.41) is 0. The number of Topliss-reactive ketones (excluding diaryl/α,β-unsaturated/α-hetero) is 1. The Kier molecular flexibility index (Phi) is 13.4. The Morgan fingerprint density at radius 2 is 1.32 bits per heavy atom. The predicted octanol–water partition coefficient (Wildman–Crippen LogP) is 6.08. The predicted molar refractivity (Wildman–Crippen MR) is 85.4 cm³/mol. The summed E-state index contributed by atoms with van der Waals surface area (Å²) in [6.07, 6.45) is 17.8. The quantitative estimate of drug-likeness (QED) is 0.275. The SMILES string of the molecule is C=CC(CCCCCCCCCCCCC)C(C)=O. The summed E-state index contributed by atoms with van der Waals surface area (Å²) in [4.78, 5) is 11.2. The molecule has 0 aliphatic rings. The van der Waals surface area contributed by atoms with E-state index in [9.17, 15) is 4.79 Å². The van der Waals surface area contributed by atoms with Gasteiger partial charge in [-0.15, -0.1) is 6.58 Å². The van der Waals surface area contributed by atoms with Crippen LogP contribution in [0, 0.1) is 5.92 Å². The third-order valence-electron chi connectivity index (χ3n) is 3.93. The summed E-state index contributed by atoms with van der Waals surface area (Å²) >= 11 is 0. The van der Waals surface area contributed by atoms with Crippen LogP contribution < -0.4 is 0 Å². The normalized spacial score (nSPS) is 12.3. The molecule has 0 aromatic heterocycles. The number of unbranched alkanes of at least 4 members (excludes halogenated alkanes) is 10. The molecule has 0 spiro atoms. The van der Waals surface area contributed by atoms with E-state index < -0.39 is 0 Å². The molecular weight excluding hydrogens is 232 g/mol. The molecule has 112 valence electrons. The number of ketones is 1. The largest absolute Gasteiger partial charge is 0.299 e. The van der Waals surface area contributed by atoms with Crippen molar-refractivity contribution in [3.05, 3.63) is 12.7 Å². The fraction of sp³-hybridized carbons (Fsp3) is 0.833. The third kappa shape index (κ3) is 12.2. The number of carbonyl (C=O) groups excluding carboxylic acids is 1. The molecule has 0 fully saturated rings. The number of allylic oxidation sites excluding steroid dienone is 1. The van der Waals surface area contributed by atoms with Crippen molar-refractivity contribution in [1.82, 2.24) is 0 Å². The van der Waals surface area contributed by atoms with Crippen LogP contribution in [0.3, 0.4) is 0 Å². The van der Waals surface area contributed by atoms with Crippen LogP contribution in [0.4, 0.5) is 0 Å². The van der Waals surface area contributed by atoms with Gasteiger partial charge in [0.05, 0.1) is 0 Å². The first-order valence-corrected chi connectivity index (χ1v) is 8.35. The lowest BCUT2D eigenvalue weighted by Gasteiger charge is -2.07. The fourth-order valence-electron chi connectivity index (χ4n) is 2.52. The van der Waals surface area contributed by atoms with E-state index in [2.05, 4.69) is 13.5 Å². The van der Waals surface area contributed by atoms with E-state index in [-0.39, 0.29) is 11.7 Å². The van der Waals surface area contributed by atoms with Crippen LogP contribution in [0.25, 0.3) is 0 Å². The molecule has 1 unspecified atom stereocenters. The highest BCUT2D eigenvalue weighted by Gasteiger charge is 2.08. The Labute approximate surface area is 120 Å². The second-order valence-electron chi connectivity index (χ2n) is 5.78. The molecule has 19 heavy (non-hydrogen) atoms. The van der Waals surface area contributed by atoms with Gasteiger partial charge in [0.1, 0.15) is 5.78 Å². The van der Waals surface area contributed by atoms with E-state index in [1.165, 1.54) is 70.6 Å². The van der Waals surface area contributed by atoms with Crippen molar-refractivity contribution < 1.29 is 4.79 Å². The van der Waals surface area contributed by atoms with Crippen molar-refractivity contribution >= 4 is 5.78 Å². The summed E-state index contributed by atoms with van der Waals surface area (Å²) in [6, 6.07) is 0. The number of rotatable bonds is 14. The maximum absolute atomic E-state index is 11.2. The zero-order valence-electron chi connectivity index (χ0n) is 13.3. The third-order valence-corrected chi connectivity index (χ3v) is 3.93. The molecular formula is C18H34O. The van der Waals surface area contributed by atoms with Crippen LogP contribution in [0.1, 0.15) is 90.9 Å². The van der Waals surface area contributed by atoms with Crippen LogP contribution in [-0.2, 0) is 4.79 Å². The molecule has 1 nitrogen and oxygen atoms in total. The Balaban J connectivity index is 3.18. The van der Waals surface area contributed by atoms with E-state index in [4.69, 9.17) is 0 Å². The highest BCUT2D eigenvalue weighted by Crippen LogP contribution is 2.15. The lowest BCUT2D eigenvalue weighted by Crippen LogP contribution is -2.07. The van der Waals surface area contributed by atoms with Crippen molar-refractivity contribution in [3.8, 4) is 0 Å². The van der Waals surface area contributed by atoms with Gasteiger partial charge in [-0.05, 0) is 13.3 Å². The van der Waals surface area contributed by atoms with Gasteiger partial charge in [0.2, 0.25) is 0 Å². The first kappa shape index (κ1) is 18.4. The monoisotopic (exact) mass is 266 g/mol. The molecule has 0 aliphatic heterocycles. The molecule has 0 radical (unpaired) electrons. The number of carbonyl (C=O) groups is 1. The van der Waals surface area contributed by atoms with Crippen LogP contribution in [-0.4, -0.2) is 5.78 Å². The van der Waals surface area contributed by atoms with Crippen molar-refractivity contribution in [1.29, 1.82) is 0 Å². The molecule has 0 aliphatic carbocycles. The van der Waals surface area contributed by atoms with Gasteiger partial charge < -0.3 is 0 Å². The Morgan fingerprint density at radius 3 is 1.68 bits per heavy atom. The first-order chi connectivity index (χ1) is 9.22. The molecule has 0 aromatic rings. The van der Waals surface area contributed by atoms with Gasteiger partial charge in [-0.1, -0.05) is 83.6 Å². The Bertz CT molecular complexity index is 220. The summed E-state index contributed by atoms with van der Waals surface area (Å²) in [5.41, 5.74) is 0. The standard InChI is InChI=1S/C18H34O/c1-4-6-7-8-9-10-11-12-13-14-15-16-18(5-2)17(3)19/h5,18H,2,4,6-16H2,1,3H3. The van der Waals surface area contributed by atoms with Crippen molar-refractivity contribution in [3.63, 3.8) is 0 Å². The van der Waals surface area contributed by atoms with Gasteiger partial charge >= 0.3 is 0 Å². The topological polar surface area (TPSA) is 17.1 Å². The Hall–Kier alpha value is -0.590. The molecule has 0 amide bonds. The van der Waals surface area contributed by atoms with E-state index in [0.717, 1.165) is 6.42 Å². The van der Waals surface area contributed by atoms with E-state index in [1.54, 1.807) is 13.0 Å². The smallest absolute Gasteiger partial charge is 0.136 e. The Morgan fingerprint density at radius 1 is 0.895 bits per heavy atom. The zero-order valence-corrected chi connectivity index (χ0v) is 13.3. The molecule has 0 N–H and O–H groups in total. The molecule has 0 saturated carbocycles. The van der Waals surface area contributed by atoms with Gasteiger partial charge in [-0.2, -0.15) is 0 Å². The maximum atomic E-state index is 11.2. The minimum Gasteiger partial charge on any atom is -0.299 e. The molecule has 1 atom stereocenters. The van der Waals surface area contributed by atoms with Gasteiger partial charge in [0.15, 0.2) is 0 Å². The van der Waals surface area contributed by atoms with E-state index in [0.29, 0.717) is 0 Å². The van der Waals surface area contributed by atoms with Gasteiger partial charge in [0, 0.05) is 5.92 Å². The lowest BCUT2D eigenvalue weighted by molar-refractivity contribution is -0.119. The molecule has 1 heteroatoms. The molecule has 0 rings (SSSR count). The fourth-order valence-corrected chi connectivity index (χ4v) is 2.52. The number of hydrogen-bond donors (Lipinski definition) is 0. The average Bonchev–Trinajstić information content (AvgIpc) is 2.40. The van der Waals surface area contributed by atoms with Crippen LogP contribution in [0.5, 0.6) is 0 Å². The second-order valence-corrected chi connectivity index (χ2v) is 5.78. The average molecular weight is 266 g/mol. The lowest BCUT2D eigenvalue weighted by atomic mass is 9.97. The summed E-state index contributed by atoms with van der Waals surface area (Å²) in [7, 11) is 0. The summed E-state index contributed by atoms with van der Waals surface area (Å²) in [5.74, 6) is 0.362. The van der Waals surface area contributed by atoms with Gasteiger partial charge in [0.25, 0.3) is 0 Å². The van der Waals surface area contributed by atoms with Crippen LogP contribution >= 0.6 is 0 Å². The summed E-state index contributed by atoms with van der Waals surface area (Å²) in [6.45, 7) is 7.67. The van der Waals surface area contributed by atoms with E-state index >= 15 is 0 Å². The van der Waals surface area contributed by atoms with E-state index in [1.807, 2.05) is 0 Å². The molecule has 0 aromatic carbocycles. The molecule has 0 heterocycles. The van der Waals surface area contributed by atoms with Crippen molar-refractivity contribution in [2.24, 2.45) is 5.92 Å². The van der Waals surface area contributed by atoms with Crippen LogP contribution in [0.2, 0.25) is 0 Å². The highest BCUT2D eigenvalue weighted by molar-refractivity contribution is 5.79.